The van der Waals surface area contributed by atoms with Crippen LogP contribution in [-0.2, 0) is 11.3 Å². The summed E-state index contributed by atoms with van der Waals surface area (Å²) in [5.41, 5.74) is 4.62. The Morgan fingerprint density at radius 3 is 2.32 bits per heavy atom. The molecular weight excluding hydrogens is 432 g/mol. The van der Waals surface area contributed by atoms with Crippen LogP contribution in [0.5, 0.6) is 23.0 Å². The summed E-state index contributed by atoms with van der Waals surface area (Å²) in [6.45, 7) is 15.1. The molecule has 1 N–H and O–H groups in total. The third-order valence-corrected chi connectivity index (χ3v) is 6.51. The van der Waals surface area contributed by atoms with Gasteiger partial charge >= 0.3 is 5.97 Å². The van der Waals surface area contributed by atoms with Gasteiger partial charge in [-0.3, -0.25) is 0 Å². The summed E-state index contributed by atoms with van der Waals surface area (Å²) in [6, 6.07) is 3.46. The molecule has 6 nitrogen and oxygen atoms in total. The molecule has 0 saturated carbocycles. The average molecular weight is 471 g/mol. The molecule has 186 valence electrons. The fourth-order valence-corrected chi connectivity index (χ4v) is 4.24. The number of ether oxygens (including phenoxy) is 4. The van der Waals surface area contributed by atoms with Crippen molar-refractivity contribution in [3.05, 3.63) is 45.5 Å². The van der Waals surface area contributed by atoms with E-state index in [0.717, 1.165) is 28.7 Å². The van der Waals surface area contributed by atoms with Crippen molar-refractivity contribution in [2.45, 2.75) is 74.0 Å². The Balaban J connectivity index is 2.15. The lowest BCUT2D eigenvalue weighted by molar-refractivity contribution is 0.0452. The summed E-state index contributed by atoms with van der Waals surface area (Å²) in [4.78, 5) is 13.1. The van der Waals surface area contributed by atoms with E-state index in [1.165, 1.54) is 7.11 Å². The van der Waals surface area contributed by atoms with Crippen LogP contribution in [0.25, 0.3) is 0 Å². The highest BCUT2D eigenvalue weighted by molar-refractivity contribution is 5.97. The van der Waals surface area contributed by atoms with Crippen molar-refractivity contribution in [3.8, 4) is 23.0 Å². The Morgan fingerprint density at radius 1 is 1.00 bits per heavy atom. The number of carbonyl (C=O) groups is 1. The number of hydrogen-bond donors (Lipinski definition) is 1. The standard InChI is InChI=1S/C28H38O6/c1-15(2)11-12-32-25-19(7)17(5)18(6)21-14-33-28(30)24-23(34-27(21)25)10-9-20(26(24)31-8)22(29)13-16(3)4/h9-10,15-16,22,29H,11-14H2,1-8H3/t22-/m0/s1. The third kappa shape index (κ3) is 5.17. The molecule has 6 heteroatoms. The van der Waals surface area contributed by atoms with E-state index in [9.17, 15) is 9.90 Å². The van der Waals surface area contributed by atoms with Gasteiger partial charge in [-0.05, 0) is 74.3 Å². The molecule has 0 aromatic heterocycles. The second kappa shape index (κ2) is 10.7. The Morgan fingerprint density at radius 2 is 1.71 bits per heavy atom. The van der Waals surface area contributed by atoms with Gasteiger partial charge in [-0.25, -0.2) is 4.79 Å². The number of aliphatic hydroxyl groups is 1. The first-order valence-electron chi connectivity index (χ1n) is 12.1. The lowest BCUT2D eigenvalue weighted by Crippen LogP contribution is -2.17. The SMILES string of the molecule is COc1c([C@@H](O)CC(C)C)ccc2c1C(=O)OCc1c(C)c(C)c(C)c(OCCC(C)C)c1O2. The Hall–Kier alpha value is -2.73. The zero-order valence-corrected chi connectivity index (χ0v) is 21.7. The van der Waals surface area contributed by atoms with Gasteiger partial charge in [0.25, 0.3) is 0 Å². The molecule has 0 saturated heterocycles. The highest BCUT2D eigenvalue weighted by Gasteiger charge is 2.31. The van der Waals surface area contributed by atoms with Crippen molar-refractivity contribution in [1.29, 1.82) is 0 Å². The molecule has 34 heavy (non-hydrogen) atoms. The molecule has 1 aliphatic heterocycles. The lowest BCUT2D eigenvalue weighted by Gasteiger charge is -2.27. The number of benzene rings is 2. The molecule has 2 aromatic carbocycles. The first-order chi connectivity index (χ1) is 16.1. The Labute approximate surface area is 203 Å². The predicted molar refractivity (Wildman–Crippen MR) is 132 cm³/mol. The van der Waals surface area contributed by atoms with Crippen molar-refractivity contribution in [3.63, 3.8) is 0 Å². The number of esters is 1. The highest BCUT2D eigenvalue weighted by atomic mass is 16.6. The molecule has 0 aliphatic carbocycles. The first-order valence-corrected chi connectivity index (χ1v) is 12.1. The van der Waals surface area contributed by atoms with Gasteiger partial charge in [0.2, 0.25) is 0 Å². The van der Waals surface area contributed by atoms with Crippen molar-refractivity contribution in [2.24, 2.45) is 11.8 Å². The molecule has 0 unspecified atom stereocenters. The van der Waals surface area contributed by atoms with Gasteiger partial charge < -0.3 is 24.1 Å². The summed E-state index contributed by atoms with van der Waals surface area (Å²) in [7, 11) is 1.49. The normalized spacial score (nSPS) is 14.0. The molecule has 0 amide bonds. The maximum Gasteiger partial charge on any atom is 0.346 e. The second-order valence-electron chi connectivity index (χ2n) is 9.93. The van der Waals surface area contributed by atoms with Gasteiger partial charge in [0, 0.05) is 11.1 Å². The molecule has 0 bridgehead atoms. The number of aliphatic hydroxyl groups excluding tert-OH is 1. The second-order valence-corrected chi connectivity index (χ2v) is 9.93. The minimum atomic E-state index is -0.771. The molecular formula is C28H38O6. The van der Waals surface area contributed by atoms with Crippen LogP contribution >= 0.6 is 0 Å². The summed E-state index contributed by atoms with van der Waals surface area (Å²) in [6.07, 6.45) is 0.685. The molecule has 2 aromatic rings. The van der Waals surface area contributed by atoms with Crippen LogP contribution in [0.2, 0.25) is 0 Å². The number of carbonyl (C=O) groups excluding carboxylic acids is 1. The van der Waals surface area contributed by atoms with Gasteiger partial charge in [0.1, 0.15) is 23.7 Å². The molecule has 0 radical (unpaired) electrons. The van der Waals surface area contributed by atoms with E-state index in [-0.39, 0.29) is 23.8 Å². The Kier molecular flexibility index (Phi) is 8.13. The minimum absolute atomic E-state index is 0.0586. The van der Waals surface area contributed by atoms with Crippen LogP contribution in [0.1, 0.15) is 84.8 Å². The highest BCUT2D eigenvalue weighted by Crippen LogP contribution is 2.47. The fraction of sp³-hybridized carbons (Fsp3) is 0.536. The smallest absolute Gasteiger partial charge is 0.346 e. The summed E-state index contributed by atoms with van der Waals surface area (Å²) < 4.78 is 24.0. The summed E-state index contributed by atoms with van der Waals surface area (Å²) in [5, 5.41) is 10.8. The van der Waals surface area contributed by atoms with Gasteiger partial charge in [-0.2, -0.15) is 0 Å². The first kappa shape index (κ1) is 25.9. The van der Waals surface area contributed by atoms with Crippen molar-refractivity contribution >= 4 is 5.97 Å². The van der Waals surface area contributed by atoms with E-state index < -0.39 is 12.1 Å². The molecule has 0 spiro atoms. The zero-order valence-electron chi connectivity index (χ0n) is 21.7. The quantitative estimate of drug-likeness (QED) is 0.439. The van der Waals surface area contributed by atoms with Gasteiger partial charge in [0.05, 0.1) is 19.8 Å². The average Bonchev–Trinajstić information content (AvgIpc) is 2.76. The van der Waals surface area contributed by atoms with E-state index in [1.54, 1.807) is 12.1 Å². The van der Waals surface area contributed by atoms with Gasteiger partial charge in [-0.15, -0.1) is 0 Å². The van der Waals surface area contributed by atoms with Gasteiger partial charge in [0.15, 0.2) is 11.5 Å². The maximum absolute atomic E-state index is 13.1. The molecule has 3 rings (SSSR count). The summed E-state index contributed by atoms with van der Waals surface area (Å²) >= 11 is 0. The van der Waals surface area contributed by atoms with Crippen LogP contribution < -0.4 is 14.2 Å². The predicted octanol–water partition coefficient (Wildman–Crippen LogP) is 6.59. The topological polar surface area (TPSA) is 74.2 Å². The minimum Gasteiger partial charge on any atom is -0.495 e. The fourth-order valence-electron chi connectivity index (χ4n) is 4.24. The van der Waals surface area contributed by atoms with E-state index in [2.05, 4.69) is 13.8 Å². The van der Waals surface area contributed by atoms with Crippen molar-refractivity contribution in [1.82, 2.24) is 0 Å². The number of rotatable bonds is 8. The number of cyclic esters (lactones) is 1. The van der Waals surface area contributed by atoms with E-state index in [0.29, 0.717) is 41.8 Å². The van der Waals surface area contributed by atoms with Crippen LogP contribution in [-0.4, -0.2) is 24.8 Å². The van der Waals surface area contributed by atoms with Crippen LogP contribution in [0.3, 0.4) is 0 Å². The van der Waals surface area contributed by atoms with Crippen molar-refractivity contribution < 1.29 is 28.8 Å². The Bertz CT molecular complexity index is 1050. The van der Waals surface area contributed by atoms with Crippen LogP contribution in [0.4, 0.5) is 0 Å². The van der Waals surface area contributed by atoms with Gasteiger partial charge in [-0.1, -0.05) is 27.7 Å². The third-order valence-electron chi connectivity index (χ3n) is 6.51. The zero-order chi connectivity index (χ0) is 25.2. The summed E-state index contributed by atoms with van der Waals surface area (Å²) in [5.74, 6) is 2.08. The molecule has 1 atom stereocenters. The molecule has 0 fully saturated rings. The van der Waals surface area contributed by atoms with Crippen LogP contribution in [0, 0.1) is 32.6 Å². The van der Waals surface area contributed by atoms with E-state index in [1.807, 2.05) is 34.6 Å². The number of methoxy groups -OCH3 is 1. The van der Waals surface area contributed by atoms with E-state index in [4.69, 9.17) is 18.9 Å². The maximum atomic E-state index is 13.1. The van der Waals surface area contributed by atoms with Crippen LogP contribution in [0.15, 0.2) is 12.1 Å². The van der Waals surface area contributed by atoms with Crippen molar-refractivity contribution in [2.75, 3.05) is 13.7 Å². The van der Waals surface area contributed by atoms with E-state index >= 15 is 0 Å². The largest absolute Gasteiger partial charge is 0.495 e. The molecule has 1 heterocycles. The number of fused-ring (bicyclic) bond motifs is 2. The lowest BCUT2D eigenvalue weighted by atomic mass is 9.95. The number of hydrogen-bond acceptors (Lipinski definition) is 6. The molecule has 1 aliphatic rings. The monoisotopic (exact) mass is 470 g/mol.